The molecule has 10 heteroatoms. The molecule has 0 atom stereocenters. The summed E-state index contributed by atoms with van der Waals surface area (Å²) in [6, 6.07) is 5.86. The minimum atomic E-state index is -0.706. The minimum absolute atomic E-state index is 0.0372. The van der Waals surface area contributed by atoms with Crippen LogP contribution in [0.1, 0.15) is 49.0 Å². The summed E-state index contributed by atoms with van der Waals surface area (Å²) in [6.45, 7) is 8.09. The van der Waals surface area contributed by atoms with E-state index in [1.165, 1.54) is 32.9 Å². The van der Waals surface area contributed by atoms with Crippen molar-refractivity contribution in [3.05, 3.63) is 61.5 Å². The Bertz CT molecular complexity index is 1260. The molecule has 8 nitrogen and oxygen atoms in total. The number of aromatic amines is 1. The molecule has 0 spiro atoms. The molecule has 0 radical (unpaired) electrons. The highest BCUT2D eigenvalue weighted by molar-refractivity contribution is 7.17. The number of benzene rings is 1. The van der Waals surface area contributed by atoms with Crippen molar-refractivity contribution in [3.63, 3.8) is 0 Å². The summed E-state index contributed by atoms with van der Waals surface area (Å²) in [7, 11) is 0. The lowest BCUT2D eigenvalue weighted by Crippen LogP contribution is -2.42. The van der Waals surface area contributed by atoms with Gasteiger partial charge in [0.15, 0.2) is 5.69 Å². The molecule has 3 aromatic rings. The Morgan fingerprint density at radius 2 is 1.94 bits per heavy atom. The molecule has 3 N–H and O–H groups in total. The molecule has 0 unspecified atom stereocenters. The average molecular weight is 474 g/mol. The lowest BCUT2D eigenvalue weighted by molar-refractivity contribution is 0.0989. The normalized spacial score (nSPS) is 11.2. The van der Waals surface area contributed by atoms with Gasteiger partial charge in [-0.3, -0.25) is 24.0 Å². The number of nitrogens with one attached hydrogen (secondary N) is 1. The molecule has 1 amide bonds. The second-order valence-corrected chi connectivity index (χ2v) is 9.25. The SMILES string of the molecule is CCCCN(C(=O)c1sc(-c2ccc(F)cc2)nc1C)c1c(N)n(CC(C)C)c(=O)[nH]c1=O. The summed E-state index contributed by atoms with van der Waals surface area (Å²) in [5.41, 5.74) is 6.11. The predicted molar refractivity (Wildman–Crippen MR) is 129 cm³/mol. The van der Waals surface area contributed by atoms with Crippen molar-refractivity contribution in [1.29, 1.82) is 0 Å². The molecule has 176 valence electrons. The van der Waals surface area contributed by atoms with E-state index >= 15 is 0 Å². The highest BCUT2D eigenvalue weighted by atomic mass is 32.1. The van der Waals surface area contributed by atoms with E-state index in [2.05, 4.69) is 9.97 Å². The molecule has 0 aliphatic rings. The molecule has 2 aromatic heterocycles. The molecule has 33 heavy (non-hydrogen) atoms. The van der Waals surface area contributed by atoms with Gasteiger partial charge in [0.25, 0.3) is 11.5 Å². The largest absolute Gasteiger partial charge is 0.383 e. The molecule has 2 heterocycles. The van der Waals surface area contributed by atoms with Crippen LogP contribution in [0.25, 0.3) is 10.6 Å². The van der Waals surface area contributed by atoms with Crippen molar-refractivity contribution in [2.45, 2.75) is 47.1 Å². The van der Waals surface area contributed by atoms with E-state index in [1.54, 1.807) is 19.1 Å². The zero-order chi connectivity index (χ0) is 24.3. The van der Waals surface area contributed by atoms with Crippen LogP contribution in [-0.2, 0) is 6.54 Å². The lowest BCUT2D eigenvalue weighted by Gasteiger charge is -2.24. The van der Waals surface area contributed by atoms with E-state index in [4.69, 9.17) is 5.73 Å². The van der Waals surface area contributed by atoms with Crippen LogP contribution in [0.15, 0.2) is 33.9 Å². The number of hydrogen-bond acceptors (Lipinski definition) is 6. The number of rotatable bonds is 8. The number of nitrogens with zero attached hydrogens (tertiary/aromatic N) is 3. The van der Waals surface area contributed by atoms with Crippen molar-refractivity contribution >= 4 is 28.7 Å². The van der Waals surface area contributed by atoms with Gasteiger partial charge >= 0.3 is 5.69 Å². The zero-order valence-corrected chi connectivity index (χ0v) is 20.0. The standard InChI is InChI=1S/C23H28FN5O3S/c1-5-6-11-28(17-19(25)29(12-13(2)3)23(32)27-20(17)30)22(31)18-14(4)26-21(33-18)15-7-9-16(24)10-8-15/h7-10,13H,5-6,11-12,25H2,1-4H3,(H,27,30,32). The van der Waals surface area contributed by atoms with Crippen molar-refractivity contribution in [3.8, 4) is 10.6 Å². The Labute approximate surface area is 194 Å². The highest BCUT2D eigenvalue weighted by Crippen LogP contribution is 2.30. The topological polar surface area (TPSA) is 114 Å². The quantitative estimate of drug-likeness (QED) is 0.517. The van der Waals surface area contributed by atoms with Crippen molar-refractivity contribution < 1.29 is 9.18 Å². The second kappa shape index (κ2) is 10.1. The van der Waals surface area contributed by atoms with Crippen LogP contribution >= 0.6 is 11.3 Å². The third-order valence-electron chi connectivity index (χ3n) is 5.09. The molecule has 0 aliphatic carbocycles. The molecular formula is C23H28FN5O3S. The monoisotopic (exact) mass is 473 g/mol. The van der Waals surface area contributed by atoms with Gasteiger partial charge in [-0.2, -0.15) is 0 Å². The number of carbonyl (C=O) groups is 1. The third-order valence-corrected chi connectivity index (χ3v) is 6.29. The Morgan fingerprint density at radius 1 is 1.27 bits per heavy atom. The number of hydrogen-bond donors (Lipinski definition) is 2. The fourth-order valence-electron chi connectivity index (χ4n) is 3.45. The minimum Gasteiger partial charge on any atom is -0.383 e. The Hall–Kier alpha value is -3.27. The van der Waals surface area contributed by atoms with Gasteiger partial charge in [0.05, 0.1) is 5.69 Å². The van der Waals surface area contributed by atoms with Gasteiger partial charge in [-0.15, -0.1) is 11.3 Å². The number of nitrogens with two attached hydrogens (primary N) is 1. The Balaban J connectivity index is 2.10. The summed E-state index contributed by atoms with van der Waals surface area (Å²) in [4.78, 5) is 47.2. The van der Waals surface area contributed by atoms with E-state index in [0.29, 0.717) is 34.1 Å². The number of unbranched alkanes of at least 4 members (excludes halogenated alkanes) is 1. The van der Waals surface area contributed by atoms with E-state index < -0.39 is 17.2 Å². The van der Waals surface area contributed by atoms with Crippen LogP contribution in [0.2, 0.25) is 0 Å². The molecule has 0 aliphatic heterocycles. The van der Waals surface area contributed by atoms with E-state index in [-0.39, 0.29) is 29.8 Å². The van der Waals surface area contributed by atoms with E-state index in [0.717, 1.165) is 6.42 Å². The maximum atomic E-state index is 13.6. The summed E-state index contributed by atoms with van der Waals surface area (Å²) < 4.78 is 14.6. The van der Waals surface area contributed by atoms with Gasteiger partial charge in [-0.1, -0.05) is 27.2 Å². The molecule has 0 saturated heterocycles. The molecule has 0 fully saturated rings. The number of aryl methyl sites for hydroxylation is 1. The number of aromatic nitrogens is 3. The molecule has 0 bridgehead atoms. The number of H-pyrrole nitrogens is 1. The molecule has 1 aromatic carbocycles. The third kappa shape index (κ3) is 5.22. The summed E-state index contributed by atoms with van der Waals surface area (Å²) in [6.07, 6.45) is 1.42. The molecule has 3 rings (SSSR count). The van der Waals surface area contributed by atoms with Crippen LogP contribution in [-0.4, -0.2) is 27.0 Å². The van der Waals surface area contributed by atoms with Crippen molar-refractivity contribution in [1.82, 2.24) is 14.5 Å². The smallest absolute Gasteiger partial charge is 0.330 e. The Kier molecular flexibility index (Phi) is 7.47. The molecule has 0 saturated carbocycles. The van der Waals surface area contributed by atoms with Crippen LogP contribution in [0.4, 0.5) is 15.9 Å². The first-order valence-corrected chi connectivity index (χ1v) is 11.6. The lowest BCUT2D eigenvalue weighted by atomic mass is 10.2. The van der Waals surface area contributed by atoms with E-state index in [9.17, 15) is 18.8 Å². The first-order valence-electron chi connectivity index (χ1n) is 10.8. The number of amides is 1. The first kappa shape index (κ1) is 24.4. The number of anilines is 2. The van der Waals surface area contributed by atoms with Gasteiger partial charge in [0, 0.05) is 18.7 Å². The maximum absolute atomic E-state index is 13.6. The summed E-state index contributed by atoms with van der Waals surface area (Å²) >= 11 is 1.17. The van der Waals surface area contributed by atoms with Crippen LogP contribution in [0, 0.1) is 18.7 Å². The number of nitrogen functional groups attached to an aromatic ring is 1. The van der Waals surface area contributed by atoms with Crippen molar-refractivity contribution in [2.24, 2.45) is 5.92 Å². The fourth-order valence-corrected chi connectivity index (χ4v) is 4.47. The van der Waals surface area contributed by atoms with Gasteiger partial charge in [-0.25, -0.2) is 14.2 Å². The van der Waals surface area contributed by atoms with E-state index in [1.807, 2.05) is 20.8 Å². The van der Waals surface area contributed by atoms with Crippen LogP contribution < -0.4 is 21.9 Å². The number of halogens is 1. The van der Waals surface area contributed by atoms with Crippen LogP contribution in [0.3, 0.4) is 0 Å². The summed E-state index contributed by atoms with van der Waals surface area (Å²) in [5, 5.41) is 0.568. The van der Waals surface area contributed by atoms with Gasteiger partial charge in [0.1, 0.15) is 21.5 Å². The Morgan fingerprint density at radius 3 is 2.55 bits per heavy atom. The molecular weight excluding hydrogens is 445 g/mol. The van der Waals surface area contributed by atoms with Gasteiger partial charge < -0.3 is 5.73 Å². The predicted octanol–water partition coefficient (Wildman–Crippen LogP) is 3.79. The number of carbonyl (C=O) groups excluding carboxylic acids is 1. The highest BCUT2D eigenvalue weighted by Gasteiger charge is 2.28. The van der Waals surface area contributed by atoms with Crippen LogP contribution in [0.5, 0.6) is 0 Å². The summed E-state index contributed by atoms with van der Waals surface area (Å²) in [5.74, 6) is -0.715. The van der Waals surface area contributed by atoms with Gasteiger partial charge in [0.2, 0.25) is 0 Å². The fraction of sp³-hybridized carbons (Fsp3) is 0.391. The number of thiazole rings is 1. The second-order valence-electron chi connectivity index (χ2n) is 8.25. The average Bonchev–Trinajstić information content (AvgIpc) is 3.14. The van der Waals surface area contributed by atoms with Crippen molar-refractivity contribution in [2.75, 3.05) is 17.2 Å². The maximum Gasteiger partial charge on any atom is 0.330 e. The van der Waals surface area contributed by atoms with Gasteiger partial charge in [-0.05, 0) is 43.5 Å². The first-order chi connectivity index (χ1) is 15.6. The zero-order valence-electron chi connectivity index (χ0n) is 19.1.